The fraction of sp³-hybridized carbons (Fsp3) is 0.625. The van der Waals surface area contributed by atoms with Gasteiger partial charge in [-0.15, -0.1) is 0 Å². The van der Waals surface area contributed by atoms with Gasteiger partial charge >= 0.3 is 0 Å². The van der Waals surface area contributed by atoms with Crippen molar-refractivity contribution in [3.05, 3.63) is 29.8 Å². The molecule has 1 aromatic rings. The summed E-state index contributed by atoms with van der Waals surface area (Å²) in [6, 6.07) is 7.97. The lowest BCUT2D eigenvalue weighted by Crippen LogP contribution is -3.14. The third kappa shape index (κ3) is 4.84. The average Bonchev–Trinajstić information content (AvgIpc) is 2.39. The van der Waals surface area contributed by atoms with Crippen LogP contribution in [-0.2, 0) is 0 Å². The molecular formula is C16H26NO2+. The van der Waals surface area contributed by atoms with Gasteiger partial charge in [0.25, 0.3) is 0 Å². The maximum absolute atomic E-state index is 10.1. The van der Waals surface area contributed by atoms with Crippen LogP contribution < -0.4 is 9.64 Å². The van der Waals surface area contributed by atoms with Crippen molar-refractivity contribution >= 4 is 0 Å². The summed E-state index contributed by atoms with van der Waals surface area (Å²) in [5.74, 6) is 1.70. The first kappa shape index (κ1) is 14.4. The van der Waals surface area contributed by atoms with Crippen LogP contribution in [0.3, 0.4) is 0 Å². The number of piperidine rings is 1. The molecule has 1 aliphatic rings. The second kappa shape index (κ2) is 6.92. The highest BCUT2D eigenvalue weighted by Crippen LogP contribution is 2.12. The number of aliphatic hydroxyl groups excluding tert-OH is 1. The van der Waals surface area contributed by atoms with E-state index in [1.807, 2.05) is 31.2 Å². The van der Waals surface area contributed by atoms with E-state index >= 15 is 0 Å². The normalized spacial score (nSPS) is 25.0. The first-order valence-corrected chi connectivity index (χ1v) is 7.34. The molecule has 3 heteroatoms. The van der Waals surface area contributed by atoms with Crippen LogP contribution in [-0.4, -0.2) is 37.5 Å². The third-order valence-corrected chi connectivity index (χ3v) is 3.94. The Hall–Kier alpha value is -1.06. The zero-order valence-electron chi connectivity index (χ0n) is 12.1. The van der Waals surface area contributed by atoms with Crippen molar-refractivity contribution in [1.29, 1.82) is 0 Å². The molecule has 0 unspecified atom stereocenters. The highest BCUT2D eigenvalue weighted by Gasteiger charge is 2.21. The summed E-state index contributed by atoms with van der Waals surface area (Å²) >= 11 is 0. The second-order valence-corrected chi connectivity index (χ2v) is 5.92. The molecule has 0 aromatic heterocycles. The quantitative estimate of drug-likeness (QED) is 0.833. The number of hydrogen-bond acceptors (Lipinski definition) is 2. The van der Waals surface area contributed by atoms with Crippen LogP contribution >= 0.6 is 0 Å². The van der Waals surface area contributed by atoms with E-state index in [0.29, 0.717) is 6.61 Å². The van der Waals surface area contributed by atoms with E-state index in [2.05, 4.69) is 6.92 Å². The molecule has 1 saturated heterocycles. The lowest BCUT2D eigenvalue weighted by molar-refractivity contribution is -0.909. The number of benzene rings is 1. The summed E-state index contributed by atoms with van der Waals surface area (Å²) in [5.41, 5.74) is 1.18. The molecule has 0 radical (unpaired) electrons. The Morgan fingerprint density at radius 3 is 2.79 bits per heavy atom. The summed E-state index contributed by atoms with van der Waals surface area (Å²) in [4.78, 5) is 1.51. The van der Waals surface area contributed by atoms with Crippen molar-refractivity contribution in [2.45, 2.75) is 32.8 Å². The number of nitrogens with one attached hydrogen (secondary N) is 1. The fourth-order valence-corrected chi connectivity index (χ4v) is 2.66. The maximum atomic E-state index is 10.1. The van der Waals surface area contributed by atoms with Crippen molar-refractivity contribution in [1.82, 2.24) is 0 Å². The average molecular weight is 264 g/mol. The summed E-state index contributed by atoms with van der Waals surface area (Å²) in [7, 11) is 0. The van der Waals surface area contributed by atoms with Crippen LogP contribution in [0.25, 0.3) is 0 Å². The zero-order valence-corrected chi connectivity index (χ0v) is 12.1. The number of quaternary nitrogens is 1. The van der Waals surface area contributed by atoms with Gasteiger partial charge in [0.2, 0.25) is 0 Å². The summed E-state index contributed by atoms with van der Waals surface area (Å²) in [6.45, 7) is 7.92. The molecule has 0 bridgehead atoms. The van der Waals surface area contributed by atoms with Crippen LogP contribution in [0.5, 0.6) is 5.75 Å². The van der Waals surface area contributed by atoms with Crippen LogP contribution in [0.1, 0.15) is 25.3 Å². The van der Waals surface area contributed by atoms with Crippen molar-refractivity contribution in [2.24, 2.45) is 5.92 Å². The van der Waals surface area contributed by atoms with E-state index in [4.69, 9.17) is 4.74 Å². The SMILES string of the molecule is Cc1cccc(OC[C@@H](O)C[NH+]2CCC(C)CC2)c1. The van der Waals surface area contributed by atoms with Crippen LogP contribution in [0.2, 0.25) is 0 Å². The molecular weight excluding hydrogens is 238 g/mol. The van der Waals surface area contributed by atoms with E-state index in [1.54, 1.807) is 0 Å². The van der Waals surface area contributed by atoms with Gasteiger partial charge in [0.15, 0.2) is 0 Å². The molecule has 2 rings (SSSR count). The number of hydrogen-bond donors (Lipinski definition) is 2. The minimum atomic E-state index is -0.371. The van der Waals surface area contributed by atoms with Gasteiger partial charge in [0.05, 0.1) is 13.1 Å². The summed E-state index contributed by atoms with van der Waals surface area (Å²) in [5, 5.41) is 10.1. The molecule has 1 atom stereocenters. The van der Waals surface area contributed by atoms with E-state index in [-0.39, 0.29) is 6.10 Å². The predicted molar refractivity (Wildman–Crippen MR) is 76.6 cm³/mol. The molecule has 3 nitrogen and oxygen atoms in total. The monoisotopic (exact) mass is 264 g/mol. The minimum Gasteiger partial charge on any atom is -0.491 e. The highest BCUT2D eigenvalue weighted by molar-refractivity contribution is 5.27. The number of aliphatic hydroxyl groups is 1. The van der Waals surface area contributed by atoms with Crippen LogP contribution in [0.15, 0.2) is 24.3 Å². The Labute approximate surface area is 116 Å². The Morgan fingerprint density at radius 2 is 2.11 bits per heavy atom. The highest BCUT2D eigenvalue weighted by atomic mass is 16.5. The zero-order chi connectivity index (χ0) is 13.7. The molecule has 2 N–H and O–H groups in total. The molecule has 1 fully saturated rings. The Balaban J connectivity index is 1.71. The summed E-state index contributed by atoms with van der Waals surface area (Å²) in [6.07, 6.45) is 2.19. The van der Waals surface area contributed by atoms with Crippen molar-refractivity contribution in [2.75, 3.05) is 26.2 Å². The van der Waals surface area contributed by atoms with Gasteiger partial charge in [0.1, 0.15) is 25.0 Å². The molecule has 1 aromatic carbocycles. The van der Waals surface area contributed by atoms with Gasteiger partial charge in [-0.05, 0) is 43.4 Å². The topological polar surface area (TPSA) is 33.9 Å². The van der Waals surface area contributed by atoms with Gasteiger partial charge in [0, 0.05) is 0 Å². The van der Waals surface area contributed by atoms with Gasteiger partial charge < -0.3 is 14.7 Å². The number of ether oxygens (including phenoxy) is 1. The lowest BCUT2D eigenvalue weighted by atomic mass is 9.99. The maximum Gasteiger partial charge on any atom is 0.137 e. The molecule has 19 heavy (non-hydrogen) atoms. The standard InChI is InChI=1S/C16H25NO2/c1-13-6-8-17(9-7-13)11-15(18)12-19-16-5-3-4-14(2)10-16/h3-5,10,13,15,18H,6-9,11-12H2,1-2H3/p+1/t15-/m0/s1. The van der Waals surface area contributed by atoms with Crippen LogP contribution in [0.4, 0.5) is 0 Å². The minimum absolute atomic E-state index is 0.371. The number of rotatable bonds is 5. The van der Waals surface area contributed by atoms with Gasteiger partial charge in [-0.25, -0.2) is 0 Å². The molecule has 0 aliphatic carbocycles. The van der Waals surface area contributed by atoms with E-state index < -0.39 is 0 Å². The van der Waals surface area contributed by atoms with Gasteiger partial charge in [-0.1, -0.05) is 19.1 Å². The van der Waals surface area contributed by atoms with E-state index in [0.717, 1.165) is 18.2 Å². The molecule has 0 saturated carbocycles. The Morgan fingerprint density at radius 1 is 1.37 bits per heavy atom. The molecule has 0 amide bonds. The molecule has 0 spiro atoms. The smallest absolute Gasteiger partial charge is 0.137 e. The van der Waals surface area contributed by atoms with E-state index in [9.17, 15) is 5.11 Å². The molecule has 106 valence electrons. The fourth-order valence-electron chi connectivity index (χ4n) is 2.66. The largest absolute Gasteiger partial charge is 0.491 e. The van der Waals surface area contributed by atoms with Crippen molar-refractivity contribution in [3.63, 3.8) is 0 Å². The first-order valence-electron chi connectivity index (χ1n) is 7.34. The van der Waals surface area contributed by atoms with Crippen molar-refractivity contribution < 1.29 is 14.7 Å². The lowest BCUT2D eigenvalue weighted by Gasteiger charge is -2.28. The van der Waals surface area contributed by atoms with Crippen molar-refractivity contribution in [3.8, 4) is 5.75 Å². The molecule has 1 aliphatic heterocycles. The second-order valence-electron chi connectivity index (χ2n) is 5.92. The third-order valence-electron chi connectivity index (χ3n) is 3.94. The first-order chi connectivity index (χ1) is 9.13. The Kier molecular flexibility index (Phi) is 5.23. The predicted octanol–water partition coefficient (Wildman–Crippen LogP) is 1.05. The molecule has 1 heterocycles. The number of likely N-dealkylation sites (tertiary alicyclic amines) is 1. The Bertz CT molecular complexity index is 386. The van der Waals surface area contributed by atoms with Gasteiger partial charge in [-0.2, -0.15) is 0 Å². The van der Waals surface area contributed by atoms with Gasteiger partial charge in [-0.3, -0.25) is 0 Å². The number of aryl methyl sites for hydroxylation is 1. The summed E-state index contributed by atoms with van der Waals surface area (Å²) < 4.78 is 5.65. The van der Waals surface area contributed by atoms with E-state index in [1.165, 1.54) is 36.4 Å². The van der Waals surface area contributed by atoms with Crippen LogP contribution in [0, 0.1) is 12.8 Å².